The molecule has 5 rings (SSSR count). The Kier molecular flexibility index (Phi) is 4.52. The predicted octanol–water partition coefficient (Wildman–Crippen LogP) is 2.01. The predicted molar refractivity (Wildman–Crippen MR) is 107 cm³/mol. The molecule has 1 aromatic carbocycles. The van der Waals surface area contributed by atoms with Gasteiger partial charge in [-0.05, 0) is 29.7 Å². The number of nitrogens with zero attached hydrogens (tertiary/aromatic N) is 4. The van der Waals surface area contributed by atoms with Gasteiger partial charge in [0.05, 0.1) is 18.7 Å². The number of aromatic nitrogens is 2. The van der Waals surface area contributed by atoms with E-state index in [9.17, 15) is 9.59 Å². The summed E-state index contributed by atoms with van der Waals surface area (Å²) in [6, 6.07) is 13.8. The van der Waals surface area contributed by atoms with Crippen LogP contribution in [0, 0.1) is 0 Å². The van der Waals surface area contributed by atoms with E-state index in [1.165, 1.54) is 11.1 Å². The van der Waals surface area contributed by atoms with Gasteiger partial charge in [-0.3, -0.25) is 14.0 Å². The van der Waals surface area contributed by atoms with Crippen molar-refractivity contribution in [1.82, 2.24) is 19.2 Å². The summed E-state index contributed by atoms with van der Waals surface area (Å²) in [6.45, 7) is 3.32. The van der Waals surface area contributed by atoms with Crippen molar-refractivity contribution in [1.29, 1.82) is 0 Å². The van der Waals surface area contributed by atoms with Gasteiger partial charge in [-0.1, -0.05) is 30.3 Å². The second kappa shape index (κ2) is 7.33. The molecule has 2 aliphatic rings. The van der Waals surface area contributed by atoms with Crippen LogP contribution in [0.15, 0.2) is 48.7 Å². The van der Waals surface area contributed by atoms with Crippen LogP contribution in [-0.2, 0) is 17.7 Å². The van der Waals surface area contributed by atoms with Gasteiger partial charge < -0.3 is 14.5 Å². The zero-order valence-electron chi connectivity index (χ0n) is 16.1. The molecule has 2 aliphatic heterocycles. The minimum atomic E-state index is -0.169. The number of carbonyl (C=O) groups is 2. The molecule has 2 aromatic heterocycles. The monoisotopic (exact) mass is 390 g/mol. The highest BCUT2D eigenvalue weighted by Crippen LogP contribution is 2.23. The average Bonchev–Trinajstić information content (AvgIpc) is 3.18. The Labute approximate surface area is 168 Å². The number of carbonyl (C=O) groups excluding carboxylic acids is 2. The molecule has 7 nitrogen and oxygen atoms in total. The van der Waals surface area contributed by atoms with Crippen LogP contribution >= 0.6 is 0 Å². The number of pyridine rings is 1. The first kappa shape index (κ1) is 17.9. The first-order valence-corrected chi connectivity index (χ1v) is 9.92. The van der Waals surface area contributed by atoms with E-state index in [4.69, 9.17) is 4.74 Å². The fourth-order valence-electron chi connectivity index (χ4n) is 4.07. The minimum absolute atomic E-state index is 0.135. The number of benzene rings is 1. The van der Waals surface area contributed by atoms with E-state index < -0.39 is 0 Å². The zero-order valence-corrected chi connectivity index (χ0v) is 16.1. The van der Waals surface area contributed by atoms with Gasteiger partial charge in [-0.25, -0.2) is 4.98 Å². The molecule has 0 unspecified atom stereocenters. The molecule has 148 valence electrons. The Morgan fingerprint density at radius 2 is 1.62 bits per heavy atom. The second-order valence-electron chi connectivity index (χ2n) is 7.39. The number of imidazole rings is 1. The van der Waals surface area contributed by atoms with E-state index in [1.54, 1.807) is 15.5 Å². The van der Waals surface area contributed by atoms with E-state index in [2.05, 4.69) is 17.1 Å². The van der Waals surface area contributed by atoms with Gasteiger partial charge in [0.1, 0.15) is 0 Å². The van der Waals surface area contributed by atoms with Gasteiger partial charge in [0.2, 0.25) is 5.82 Å². The number of morpholine rings is 1. The van der Waals surface area contributed by atoms with E-state index in [0.717, 1.165) is 6.42 Å². The molecule has 0 aliphatic carbocycles. The fourth-order valence-corrected chi connectivity index (χ4v) is 4.07. The van der Waals surface area contributed by atoms with Crippen molar-refractivity contribution in [3.05, 3.63) is 71.3 Å². The number of rotatable bonds is 2. The lowest BCUT2D eigenvalue weighted by molar-refractivity contribution is 0.0294. The van der Waals surface area contributed by atoms with E-state index in [0.29, 0.717) is 50.6 Å². The maximum absolute atomic E-state index is 13.3. The van der Waals surface area contributed by atoms with E-state index >= 15 is 0 Å². The normalized spacial score (nSPS) is 16.7. The third-order valence-electron chi connectivity index (χ3n) is 5.66. The van der Waals surface area contributed by atoms with Gasteiger partial charge in [-0.2, -0.15) is 0 Å². The van der Waals surface area contributed by atoms with Crippen molar-refractivity contribution in [2.24, 2.45) is 0 Å². The van der Waals surface area contributed by atoms with Crippen LogP contribution in [0.5, 0.6) is 0 Å². The van der Waals surface area contributed by atoms with Gasteiger partial charge in [-0.15, -0.1) is 0 Å². The molecule has 29 heavy (non-hydrogen) atoms. The Hall–Kier alpha value is -3.19. The van der Waals surface area contributed by atoms with Crippen LogP contribution in [0.1, 0.15) is 32.2 Å². The van der Waals surface area contributed by atoms with Crippen LogP contribution in [0.3, 0.4) is 0 Å². The number of ether oxygens (including phenoxy) is 1. The number of fused-ring (bicyclic) bond motifs is 2. The van der Waals surface area contributed by atoms with Gasteiger partial charge in [0.15, 0.2) is 5.69 Å². The first-order valence-electron chi connectivity index (χ1n) is 9.92. The third-order valence-corrected chi connectivity index (χ3v) is 5.66. The number of amides is 2. The highest BCUT2D eigenvalue weighted by Gasteiger charge is 2.29. The summed E-state index contributed by atoms with van der Waals surface area (Å²) in [5.74, 6) is -0.0231. The molecule has 0 bridgehead atoms. The molecule has 2 amide bonds. The Morgan fingerprint density at radius 1 is 0.862 bits per heavy atom. The second-order valence-corrected chi connectivity index (χ2v) is 7.39. The molecule has 1 fully saturated rings. The Morgan fingerprint density at radius 3 is 2.45 bits per heavy atom. The minimum Gasteiger partial charge on any atom is -0.378 e. The molecule has 1 saturated heterocycles. The SMILES string of the molecule is O=C(c1nc(C(=O)N2CCOCC2)n2ccccc12)N1CCc2ccccc2C1. The summed E-state index contributed by atoms with van der Waals surface area (Å²) in [5, 5.41) is 0. The van der Waals surface area contributed by atoms with Crippen LogP contribution < -0.4 is 0 Å². The van der Waals surface area contributed by atoms with Crippen molar-refractivity contribution < 1.29 is 14.3 Å². The first-order chi connectivity index (χ1) is 14.2. The number of hydrogen-bond donors (Lipinski definition) is 0. The van der Waals surface area contributed by atoms with Crippen molar-refractivity contribution >= 4 is 17.3 Å². The van der Waals surface area contributed by atoms with Crippen molar-refractivity contribution in [3.8, 4) is 0 Å². The van der Waals surface area contributed by atoms with Crippen molar-refractivity contribution in [2.45, 2.75) is 13.0 Å². The topological polar surface area (TPSA) is 67.1 Å². The molecule has 4 heterocycles. The molecular formula is C22H22N4O3. The lowest BCUT2D eigenvalue weighted by Crippen LogP contribution is -2.41. The van der Waals surface area contributed by atoms with Gasteiger partial charge >= 0.3 is 0 Å². The van der Waals surface area contributed by atoms with Crippen LogP contribution in [0.4, 0.5) is 0 Å². The third kappa shape index (κ3) is 3.17. The molecule has 0 saturated carbocycles. The lowest BCUT2D eigenvalue weighted by atomic mass is 10.00. The van der Waals surface area contributed by atoms with Crippen LogP contribution in [0.2, 0.25) is 0 Å². The number of hydrogen-bond acceptors (Lipinski definition) is 4. The Bertz CT molecular complexity index is 1080. The standard InChI is InChI=1S/C22H22N4O3/c27-21(25-10-8-16-5-1-2-6-17(16)15-25)19-18-7-3-4-9-26(18)20(23-19)22(28)24-11-13-29-14-12-24/h1-7,9H,8,10-15H2. The molecule has 0 N–H and O–H groups in total. The fraction of sp³-hybridized carbons (Fsp3) is 0.318. The zero-order chi connectivity index (χ0) is 19.8. The van der Waals surface area contributed by atoms with Crippen molar-refractivity contribution in [3.63, 3.8) is 0 Å². The largest absolute Gasteiger partial charge is 0.378 e. The molecular weight excluding hydrogens is 368 g/mol. The van der Waals surface area contributed by atoms with Gasteiger partial charge in [0, 0.05) is 32.4 Å². The summed E-state index contributed by atoms with van der Waals surface area (Å²) < 4.78 is 7.07. The summed E-state index contributed by atoms with van der Waals surface area (Å²) in [7, 11) is 0. The molecule has 0 atom stereocenters. The van der Waals surface area contributed by atoms with E-state index in [-0.39, 0.29) is 17.6 Å². The maximum atomic E-state index is 13.3. The maximum Gasteiger partial charge on any atom is 0.290 e. The summed E-state index contributed by atoms with van der Waals surface area (Å²) in [5.41, 5.74) is 3.45. The quantitative estimate of drug-likeness (QED) is 0.671. The summed E-state index contributed by atoms with van der Waals surface area (Å²) >= 11 is 0. The highest BCUT2D eigenvalue weighted by atomic mass is 16.5. The summed E-state index contributed by atoms with van der Waals surface area (Å²) in [4.78, 5) is 34.5. The van der Waals surface area contributed by atoms with Crippen LogP contribution in [0.25, 0.3) is 5.52 Å². The summed E-state index contributed by atoms with van der Waals surface area (Å²) in [6.07, 6.45) is 2.62. The highest BCUT2D eigenvalue weighted by molar-refractivity contribution is 6.02. The molecule has 3 aromatic rings. The molecule has 0 radical (unpaired) electrons. The lowest BCUT2D eigenvalue weighted by Gasteiger charge is -2.28. The molecule has 0 spiro atoms. The van der Waals surface area contributed by atoms with Crippen molar-refractivity contribution in [2.75, 3.05) is 32.8 Å². The van der Waals surface area contributed by atoms with Gasteiger partial charge in [0.25, 0.3) is 11.8 Å². The average molecular weight is 390 g/mol. The Balaban J connectivity index is 1.49. The smallest absolute Gasteiger partial charge is 0.290 e. The van der Waals surface area contributed by atoms with E-state index in [1.807, 2.05) is 35.2 Å². The van der Waals surface area contributed by atoms with Crippen LogP contribution in [-0.4, -0.2) is 63.8 Å². The molecule has 7 heteroatoms.